The molecule has 110 valence electrons. The van der Waals surface area contributed by atoms with Gasteiger partial charge in [0.15, 0.2) is 5.82 Å². The van der Waals surface area contributed by atoms with Gasteiger partial charge < -0.3 is 10.4 Å². The lowest BCUT2D eigenvalue weighted by atomic mass is 10.0. The van der Waals surface area contributed by atoms with E-state index in [-0.39, 0.29) is 5.91 Å². The second-order valence-corrected chi connectivity index (χ2v) is 5.46. The molecule has 1 saturated carbocycles. The van der Waals surface area contributed by atoms with Gasteiger partial charge in [-0.15, -0.1) is 0 Å². The van der Waals surface area contributed by atoms with Gasteiger partial charge in [-0.3, -0.25) is 9.89 Å². The molecule has 1 amide bonds. The van der Waals surface area contributed by atoms with Crippen LogP contribution in [0.2, 0.25) is 0 Å². The zero-order valence-corrected chi connectivity index (χ0v) is 11.7. The quantitative estimate of drug-likeness (QED) is 0.792. The highest BCUT2D eigenvalue weighted by Gasteiger charge is 2.38. The second kappa shape index (κ2) is 5.65. The highest BCUT2D eigenvalue weighted by molar-refractivity contribution is 5.85. The Kier molecular flexibility index (Phi) is 3.70. The first-order chi connectivity index (χ1) is 10.2. The molecule has 0 saturated heterocycles. The molecule has 0 bridgehead atoms. The van der Waals surface area contributed by atoms with Crippen LogP contribution in [0, 0.1) is 0 Å². The molecule has 6 nitrogen and oxygen atoms in total. The molecule has 6 heteroatoms. The number of carbonyl (C=O) groups is 1. The van der Waals surface area contributed by atoms with E-state index >= 15 is 0 Å². The highest BCUT2D eigenvalue weighted by Crippen LogP contribution is 2.29. The van der Waals surface area contributed by atoms with Crippen molar-refractivity contribution in [2.45, 2.75) is 37.8 Å². The molecular weight excluding hydrogens is 268 g/mol. The maximum Gasteiger partial charge on any atom is 0.252 e. The Balaban J connectivity index is 1.66. The summed E-state index contributed by atoms with van der Waals surface area (Å²) in [5.41, 5.74) is 0.695. The number of aromatic nitrogens is 3. The molecule has 1 aliphatic carbocycles. The summed E-state index contributed by atoms with van der Waals surface area (Å²) in [6.45, 7) is 0.392. The van der Waals surface area contributed by atoms with Crippen LogP contribution in [0.3, 0.4) is 0 Å². The van der Waals surface area contributed by atoms with Gasteiger partial charge in [0.2, 0.25) is 0 Å². The number of hydrogen-bond donors (Lipinski definition) is 3. The molecule has 0 spiro atoms. The normalized spacial score (nSPS) is 16.8. The SMILES string of the molecule is O=C(NCc1cccc(-c2ncn[nH]2)c1)C1(O)CCCC1. The van der Waals surface area contributed by atoms with Crippen molar-refractivity contribution in [2.24, 2.45) is 0 Å². The number of aromatic amines is 1. The molecule has 0 atom stereocenters. The van der Waals surface area contributed by atoms with Crippen LogP contribution < -0.4 is 5.32 Å². The van der Waals surface area contributed by atoms with Gasteiger partial charge in [-0.25, -0.2) is 4.98 Å². The molecule has 1 fully saturated rings. The topological polar surface area (TPSA) is 90.9 Å². The minimum atomic E-state index is -1.18. The predicted molar refractivity (Wildman–Crippen MR) is 77.1 cm³/mol. The Hall–Kier alpha value is -2.21. The first-order valence-corrected chi connectivity index (χ1v) is 7.13. The maximum atomic E-state index is 12.1. The molecule has 0 unspecified atom stereocenters. The van der Waals surface area contributed by atoms with E-state index in [9.17, 15) is 9.90 Å². The van der Waals surface area contributed by atoms with Crippen LogP contribution >= 0.6 is 0 Å². The number of aliphatic hydroxyl groups is 1. The standard InChI is InChI=1S/C15H18N4O2/c20-14(15(21)6-1-2-7-15)16-9-11-4-3-5-12(8-11)13-17-10-18-19-13/h3-5,8,10,21H,1-2,6-7,9H2,(H,16,20)(H,17,18,19). The molecule has 3 N–H and O–H groups in total. The van der Waals surface area contributed by atoms with Crippen molar-refractivity contribution < 1.29 is 9.90 Å². The molecule has 2 aromatic rings. The Morgan fingerprint density at radius 1 is 1.38 bits per heavy atom. The molecule has 1 aromatic heterocycles. The summed E-state index contributed by atoms with van der Waals surface area (Å²) >= 11 is 0. The van der Waals surface area contributed by atoms with E-state index in [4.69, 9.17) is 0 Å². The van der Waals surface area contributed by atoms with Crippen molar-refractivity contribution >= 4 is 5.91 Å². The van der Waals surface area contributed by atoms with Crippen LogP contribution in [0.1, 0.15) is 31.2 Å². The number of nitrogens with one attached hydrogen (secondary N) is 2. The van der Waals surface area contributed by atoms with Crippen molar-refractivity contribution in [3.63, 3.8) is 0 Å². The van der Waals surface area contributed by atoms with E-state index in [1.165, 1.54) is 6.33 Å². The average Bonchev–Trinajstić information content (AvgIpc) is 3.17. The summed E-state index contributed by atoms with van der Waals surface area (Å²) in [6.07, 6.45) is 4.38. The van der Waals surface area contributed by atoms with Gasteiger partial charge in [-0.1, -0.05) is 18.2 Å². The number of nitrogens with zero attached hydrogens (tertiary/aromatic N) is 2. The van der Waals surface area contributed by atoms with Crippen LogP contribution in [0.4, 0.5) is 0 Å². The number of carbonyl (C=O) groups excluding carboxylic acids is 1. The first kappa shape index (κ1) is 13.8. The van der Waals surface area contributed by atoms with Crippen LogP contribution in [-0.2, 0) is 11.3 Å². The van der Waals surface area contributed by atoms with E-state index in [0.717, 1.165) is 24.0 Å². The van der Waals surface area contributed by atoms with Crippen molar-refractivity contribution in [2.75, 3.05) is 0 Å². The van der Waals surface area contributed by atoms with Gasteiger partial charge >= 0.3 is 0 Å². The van der Waals surface area contributed by atoms with Gasteiger partial charge in [0, 0.05) is 12.1 Å². The van der Waals surface area contributed by atoms with Gasteiger partial charge in [0.25, 0.3) is 5.91 Å². The largest absolute Gasteiger partial charge is 0.380 e. The van der Waals surface area contributed by atoms with E-state index in [1.807, 2.05) is 24.3 Å². The first-order valence-electron chi connectivity index (χ1n) is 7.13. The number of amides is 1. The van der Waals surface area contributed by atoms with Gasteiger partial charge in [0.1, 0.15) is 11.9 Å². The number of H-pyrrole nitrogens is 1. The third-order valence-electron chi connectivity index (χ3n) is 3.92. The molecule has 1 aromatic carbocycles. The smallest absolute Gasteiger partial charge is 0.252 e. The fraction of sp³-hybridized carbons (Fsp3) is 0.400. The maximum absolute atomic E-state index is 12.1. The summed E-state index contributed by atoms with van der Waals surface area (Å²) in [5.74, 6) is 0.419. The molecular formula is C15H18N4O2. The molecule has 0 radical (unpaired) electrons. The molecule has 3 rings (SSSR count). The van der Waals surface area contributed by atoms with E-state index in [0.29, 0.717) is 25.2 Å². The summed E-state index contributed by atoms with van der Waals surface area (Å²) in [6, 6.07) is 7.71. The monoisotopic (exact) mass is 286 g/mol. The van der Waals surface area contributed by atoms with Gasteiger partial charge in [-0.05, 0) is 37.3 Å². The molecule has 1 aliphatic rings. The Labute approximate surface area is 122 Å². The van der Waals surface area contributed by atoms with Gasteiger partial charge in [-0.2, -0.15) is 5.10 Å². The number of hydrogen-bond acceptors (Lipinski definition) is 4. The van der Waals surface area contributed by atoms with E-state index < -0.39 is 5.60 Å². The molecule has 1 heterocycles. The van der Waals surface area contributed by atoms with Crippen LogP contribution in [0.5, 0.6) is 0 Å². The van der Waals surface area contributed by atoms with Crippen molar-refractivity contribution in [3.05, 3.63) is 36.2 Å². The summed E-state index contributed by atoms with van der Waals surface area (Å²) in [5, 5.41) is 19.7. The lowest BCUT2D eigenvalue weighted by molar-refractivity contribution is -0.139. The summed E-state index contributed by atoms with van der Waals surface area (Å²) in [4.78, 5) is 16.2. The lowest BCUT2D eigenvalue weighted by Crippen LogP contribution is -2.44. The molecule has 0 aliphatic heterocycles. The Morgan fingerprint density at radius 2 is 2.19 bits per heavy atom. The van der Waals surface area contributed by atoms with Crippen molar-refractivity contribution in [1.82, 2.24) is 20.5 Å². The van der Waals surface area contributed by atoms with E-state index in [2.05, 4.69) is 20.5 Å². The van der Waals surface area contributed by atoms with Crippen molar-refractivity contribution in [1.29, 1.82) is 0 Å². The zero-order chi connectivity index (χ0) is 14.7. The average molecular weight is 286 g/mol. The number of benzene rings is 1. The van der Waals surface area contributed by atoms with Crippen LogP contribution in [-0.4, -0.2) is 31.8 Å². The zero-order valence-electron chi connectivity index (χ0n) is 11.7. The van der Waals surface area contributed by atoms with Gasteiger partial charge in [0.05, 0.1) is 0 Å². The Morgan fingerprint density at radius 3 is 2.90 bits per heavy atom. The third-order valence-corrected chi connectivity index (χ3v) is 3.92. The highest BCUT2D eigenvalue weighted by atomic mass is 16.3. The fourth-order valence-corrected chi connectivity index (χ4v) is 2.71. The second-order valence-electron chi connectivity index (χ2n) is 5.46. The van der Waals surface area contributed by atoms with E-state index in [1.54, 1.807) is 0 Å². The lowest BCUT2D eigenvalue weighted by Gasteiger charge is -2.21. The predicted octanol–water partition coefficient (Wildman–Crippen LogP) is 1.39. The number of rotatable bonds is 4. The fourth-order valence-electron chi connectivity index (χ4n) is 2.71. The molecule has 21 heavy (non-hydrogen) atoms. The third kappa shape index (κ3) is 2.95. The summed E-state index contributed by atoms with van der Waals surface area (Å²) in [7, 11) is 0. The summed E-state index contributed by atoms with van der Waals surface area (Å²) < 4.78 is 0. The van der Waals surface area contributed by atoms with Crippen LogP contribution in [0.15, 0.2) is 30.6 Å². The minimum Gasteiger partial charge on any atom is -0.380 e. The minimum absolute atomic E-state index is 0.273. The van der Waals surface area contributed by atoms with Crippen molar-refractivity contribution in [3.8, 4) is 11.4 Å². The van der Waals surface area contributed by atoms with Crippen LogP contribution in [0.25, 0.3) is 11.4 Å². The Bertz CT molecular complexity index is 618.